The van der Waals surface area contributed by atoms with Gasteiger partial charge < -0.3 is 4.74 Å². The normalized spacial score (nSPS) is 29.9. The Morgan fingerprint density at radius 3 is 2.64 bits per heavy atom. The molecule has 2 atom stereocenters. The van der Waals surface area contributed by atoms with Crippen LogP contribution >= 0.6 is 11.6 Å². The first-order chi connectivity index (χ1) is 6.41. The van der Waals surface area contributed by atoms with Crippen molar-refractivity contribution < 1.29 is 13.9 Å². The van der Waals surface area contributed by atoms with Crippen LogP contribution in [0.15, 0.2) is 11.4 Å². The molecule has 0 N–H and O–H groups in total. The van der Waals surface area contributed by atoms with Crippen molar-refractivity contribution >= 4 is 17.6 Å². The maximum atomic E-state index is 12.4. The second-order valence-corrected chi connectivity index (χ2v) is 4.39. The van der Waals surface area contributed by atoms with Crippen LogP contribution in [0.5, 0.6) is 0 Å². The fraction of sp³-hybridized carbons (Fsp3) is 0.700. The zero-order chi connectivity index (χ0) is 10.9. The maximum absolute atomic E-state index is 12.4. The molecule has 1 fully saturated rings. The van der Waals surface area contributed by atoms with Gasteiger partial charge in [0.15, 0.2) is 5.29 Å². The molecule has 1 aliphatic carbocycles. The molecule has 1 rings (SSSR count). The highest BCUT2D eigenvalue weighted by Gasteiger charge is 2.61. The minimum absolute atomic E-state index is 0.140. The van der Waals surface area contributed by atoms with E-state index in [9.17, 15) is 9.18 Å². The second kappa shape index (κ2) is 3.89. The van der Waals surface area contributed by atoms with Gasteiger partial charge in [-0.2, -0.15) is 4.39 Å². The van der Waals surface area contributed by atoms with Gasteiger partial charge in [-0.1, -0.05) is 25.4 Å². The fourth-order valence-electron chi connectivity index (χ4n) is 1.81. The molecule has 0 spiro atoms. The molecule has 0 radical (unpaired) electrons. The van der Waals surface area contributed by atoms with E-state index in [2.05, 4.69) is 0 Å². The predicted molar refractivity (Wildman–Crippen MR) is 52.4 cm³/mol. The van der Waals surface area contributed by atoms with Crippen molar-refractivity contribution in [3.8, 4) is 0 Å². The molecule has 0 saturated heterocycles. The molecule has 0 aromatic carbocycles. The average molecular weight is 221 g/mol. The summed E-state index contributed by atoms with van der Waals surface area (Å²) in [5.74, 6) is -0.664. The van der Waals surface area contributed by atoms with Gasteiger partial charge in [0.05, 0.1) is 12.5 Å². The summed E-state index contributed by atoms with van der Waals surface area (Å²) >= 11 is 5.13. The Kier molecular flexibility index (Phi) is 3.20. The summed E-state index contributed by atoms with van der Waals surface area (Å²) in [5, 5.41) is -0.755. The van der Waals surface area contributed by atoms with E-state index in [1.54, 1.807) is 6.92 Å². The molecule has 0 aromatic rings. The Labute approximate surface area is 88.1 Å². The van der Waals surface area contributed by atoms with Crippen molar-refractivity contribution in [2.24, 2.45) is 17.3 Å². The molecule has 14 heavy (non-hydrogen) atoms. The van der Waals surface area contributed by atoms with Gasteiger partial charge in [-0.3, -0.25) is 4.79 Å². The fourth-order valence-corrected chi connectivity index (χ4v) is 1.94. The van der Waals surface area contributed by atoms with Gasteiger partial charge in [0.25, 0.3) is 0 Å². The third-order valence-electron chi connectivity index (χ3n) is 2.76. The van der Waals surface area contributed by atoms with Gasteiger partial charge in [-0.25, -0.2) is 0 Å². The van der Waals surface area contributed by atoms with E-state index in [1.165, 1.54) is 6.08 Å². The van der Waals surface area contributed by atoms with Crippen LogP contribution < -0.4 is 0 Å². The van der Waals surface area contributed by atoms with Crippen molar-refractivity contribution in [1.82, 2.24) is 0 Å². The van der Waals surface area contributed by atoms with Gasteiger partial charge in [-0.15, -0.1) is 0 Å². The molecule has 0 heterocycles. The molecular weight excluding hydrogens is 207 g/mol. The van der Waals surface area contributed by atoms with Crippen LogP contribution in [0.1, 0.15) is 20.8 Å². The number of rotatable bonds is 3. The maximum Gasteiger partial charge on any atom is 0.310 e. The number of allylic oxidation sites excluding steroid dienone is 1. The number of hydrogen-bond acceptors (Lipinski definition) is 2. The monoisotopic (exact) mass is 220 g/mol. The summed E-state index contributed by atoms with van der Waals surface area (Å²) in [6.07, 6.45) is 1.28. The lowest BCUT2D eigenvalue weighted by Crippen LogP contribution is -2.10. The van der Waals surface area contributed by atoms with Crippen LogP contribution in [0.25, 0.3) is 0 Å². The topological polar surface area (TPSA) is 26.3 Å². The third-order valence-corrected chi connectivity index (χ3v) is 2.88. The van der Waals surface area contributed by atoms with Crippen molar-refractivity contribution in [3.63, 3.8) is 0 Å². The van der Waals surface area contributed by atoms with E-state index in [1.807, 2.05) is 13.8 Å². The Bertz CT molecular complexity index is 269. The average Bonchev–Trinajstić information content (AvgIpc) is 2.52. The van der Waals surface area contributed by atoms with Crippen LogP contribution in [0.3, 0.4) is 0 Å². The molecule has 0 amide bonds. The molecular formula is C10H14ClFO2. The highest BCUT2D eigenvalue weighted by molar-refractivity contribution is 6.28. The van der Waals surface area contributed by atoms with Crippen molar-refractivity contribution in [2.75, 3.05) is 6.61 Å². The summed E-state index contributed by atoms with van der Waals surface area (Å²) in [6.45, 7) is 5.90. The van der Waals surface area contributed by atoms with E-state index in [0.717, 1.165) is 0 Å². The highest BCUT2D eigenvalue weighted by Crippen LogP contribution is 2.60. The quantitative estimate of drug-likeness (QED) is 0.684. The summed E-state index contributed by atoms with van der Waals surface area (Å²) in [4.78, 5) is 11.4. The second-order valence-electron chi connectivity index (χ2n) is 4.03. The molecule has 0 bridgehead atoms. The van der Waals surface area contributed by atoms with Crippen molar-refractivity contribution in [1.29, 1.82) is 0 Å². The molecule has 4 heteroatoms. The summed E-state index contributed by atoms with van der Waals surface area (Å²) in [7, 11) is 0. The number of ether oxygens (including phenoxy) is 1. The minimum Gasteiger partial charge on any atom is -0.466 e. The minimum atomic E-state index is -0.755. The molecule has 1 saturated carbocycles. The van der Waals surface area contributed by atoms with E-state index in [-0.39, 0.29) is 23.2 Å². The first kappa shape index (κ1) is 11.5. The van der Waals surface area contributed by atoms with Crippen molar-refractivity contribution in [3.05, 3.63) is 11.4 Å². The lowest BCUT2D eigenvalue weighted by molar-refractivity contribution is -0.145. The van der Waals surface area contributed by atoms with Gasteiger partial charge in [0.2, 0.25) is 0 Å². The molecule has 0 aliphatic heterocycles. The SMILES string of the molecule is CCOC(=O)C1C(C=C(F)Cl)C1(C)C. The Balaban J connectivity index is 2.66. The van der Waals surface area contributed by atoms with Crippen LogP contribution in [-0.4, -0.2) is 12.6 Å². The summed E-state index contributed by atoms with van der Waals surface area (Å²) < 4.78 is 17.3. The van der Waals surface area contributed by atoms with E-state index >= 15 is 0 Å². The number of halogens is 2. The lowest BCUT2D eigenvalue weighted by Gasteiger charge is -2.01. The zero-order valence-corrected chi connectivity index (χ0v) is 9.27. The standard InChI is InChI=1S/C10H14ClFO2/c1-4-14-9(13)8-6(5-7(11)12)10(8,2)3/h5-6,8H,4H2,1-3H3. The van der Waals surface area contributed by atoms with Crippen molar-refractivity contribution in [2.45, 2.75) is 20.8 Å². The zero-order valence-electron chi connectivity index (χ0n) is 8.51. The van der Waals surface area contributed by atoms with Gasteiger partial charge >= 0.3 is 5.97 Å². The summed E-state index contributed by atoms with van der Waals surface area (Å²) in [5.41, 5.74) is -0.238. The number of carbonyl (C=O) groups is 1. The van der Waals surface area contributed by atoms with E-state index in [4.69, 9.17) is 16.3 Å². The Morgan fingerprint density at radius 1 is 1.64 bits per heavy atom. The number of hydrogen-bond donors (Lipinski definition) is 0. The highest BCUT2D eigenvalue weighted by atomic mass is 35.5. The lowest BCUT2D eigenvalue weighted by atomic mass is 10.1. The van der Waals surface area contributed by atoms with Gasteiger partial charge in [-0.05, 0) is 18.4 Å². The largest absolute Gasteiger partial charge is 0.466 e. The van der Waals surface area contributed by atoms with Crippen LogP contribution in [-0.2, 0) is 9.53 Å². The smallest absolute Gasteiger partial charge is 0.310 e. The summed E-state index contributed by atoms with van der Waals surface area (Å²) in [6, 6.07) is 0. The molecule has 80 valence electrons. The Morgan fingerprint density at radius 2 is 2.21 bits per heavy atom. The third kappa shape index (κ3) is 2.08. The first-order valence-electron chi connectivity index (χ1n) is 4.60. The first-order valence-corrected chi connectivity index (χ1v) is 4.98. The number of carbonyl (C=O) groups excluding carboxylic acids is 1. The van der Waals surface area contributed by atoms with Gasteiger partial charge in [0, 0.05) is 5.92 Å². The van der Waals surface area contributed by atoms with E-state index < -0.39 is 5.29 Å². The molecule has 2 unspecified atom stereocenters. The van der Waals surface area contributed by atoms with Crippen LogP contribution in [0.4, 0.5) is 4.39 Å². The Hall–Kier alpha value is -0.570. The predicted octanol–water partition coefficient (Wildman–Crippen LogP) is 2.87. The number of esters is 1. The van der Waals surface area contributed by atoms with Crippen LogP contribution in [0.2, 0.25) is 0 Å². The van der Waals surface area contributed by atoms with Crippen LogP contribution in [0, 0.1) is 17.3 Å². The van der Waals surface area contributed by atoms with E-state index in [0.29, 0.717) is 6.61 Å². The van der Waals surface area contributed by atoms with Gasteiger partial charge in [0.1, 0.15) is 0 Å². The molecule has 0 aromatic heterocycles. The molecule has 1 aliphatic rings. The molecule has 2 nitrogen and oxygen atoms in total.